The number of carbonyl (C=O) groups excluding carboxylic acids is 1. The SMILES string of the molecule is CS(=O)(=O)c1ccc(C(=O)Nc2cccc(-c3ccccn3)c2)c(-c2cccc(F)c2Cl)c1. The number of benzene rings is 3. The molecule has 1 aromatic heterocycles. The van der Waals surface area contributed by atoms with Gasteiger partial charge in [0.15, 0.2) is 9.84 Å². The maximum atomic E-state index is 14.1. The van der Waals surface area contributed by atoms with Gasteiger partial charge in [0.05, 0.1) is 15.6 Å². The van der Waals surface area contributed by atoms with Crippen LogP contribution in [0.25, 0.3) is 22.4 Å². The molecular formula is C25H18ClFN2O3S. The van der Waals surface area contributed by atoms with E-state index in [-0.39, 0.29) is 26.6 Å². The van der Waals surface area contributed by atoms with Gasteiger partial charge < -0.3 is 5.32 Å². The molecule has 0 aliphatic carbocycles. The Morgan fingerprint density at radius 2 is 1.73 bits per heavy atom. The second-order valence-electron chi connectivity index (χ2n) is 7.33. The summed E-state index contributed by atoms with van der Waals surface area (Å²) in [5.41, 5.74) is 2.66. The van der Waals surface area contributed by atoms with Crippen molar-refractivity contribution in [2.45, 2.75) is 4.90 Å². The van der Waals surface area contributed by atoms with Crippen LogP contribution >= 0.6 is 11.6 Å². The topological polar surface area (TPSA) is 76.1 Å². The number of nitrogens with zero attached hydrogens (tertiary/aromatic N) is 1. The Labute approximate surface area is 195 Å². The number of carbonyl (C=O) groups is 1. The van der Waals surface area contributed by atoms with E-state index in [0.717, 1.165) is 17.5 Å². The summed E-state index contributed by atoms with van der Waals surface area (Å²) in [6.07, 6.45) is 2.74. The molecule has 0 saturated carbocycles. The fourth-order valence-corrected chi connectivity index (χ4v) is 4.25. The highest BCUT2D eigenvalue weighted by Gasteiger charge is 2.20. The van der Waals surface area contributed by atoms with Gasteiger partial charge in [0.2, 0.25) is 0 Å². The number of rotatable bonds is 5. The summed E-state index contributed by atoms with van der Waals surface area (Å²) in [6, 6.07) is 20.9. The Hall–Kier alpha value is -3.55. The molecule has 0 bridgehead atoms. The van der Waals surface area contributed by atoms with Crippen LogP contribution in [0.2, 0.25) is 5.02 Å². The lowest BCUT2D eigenvalue weighted by Gasteiger charge is -2.14. The Bertz CT molecular complexity index is 1460. The first-order chi connectivity index (χ1) is 15.7. The molecule has 8 heteroatoms. The summed E-state index contributed by atoms with van der Waals surface area (Å²) in [7, 11) is -3.57. The third-order valence-corrected chi connectivity index (χ3v) is 6.48. The van der Waals surface area contributed by atoms with Gasteiger partial charge in [-0.2, -0.15) is 0 Å². The van der Waals surface area contributed by atoms with Crippen LogP contribution in [-0.4, -0.2) is 25.6 Å². The molecule has 0 unspecified atom stereocenters. The molecule has 166 valence electrons. The normalized spacial score (nSPS) is 11.2. The second-order valence-corrected chi connectivity index (χ2v) is 9.72. The van der Waals surface area contributed by atoms with E-state index in [1.807, 2.05) is 24.3 Å². The summed E-state index contributed by atoms with van der Waals surface area (Å²) in [5.74, 6) is -1.17. The summed E-state index contributed by atoms with van der Waals surface area (Å²) in [6.45, 7) is 0. The molecule has 0 saturated heterocycles. The molecule has 0 fully saturated rings. The number of halogens is 2. The highest BCUT2D eigenvalue weighted by molar-refractivity contribution is 7.90. The first-order valence-electron chi connectivity index (χ1n) is 9.85. The Morgan fingerprint density at radius 1 is 0.939 bits per heavy atom. The quantitative estimate of drug-likeness (QED) is 0.388. The van der Waals surface area contributed by atoms with Crippen LogP contribution in [0.1, 0.15) is 10.4 Å². The zero-order valence-electron chi connectivity index (χ0n) is 17.4. The summed E-state index contributed by atoms with van der Waals surface area (Å²) < 4.78 is 38.3. The van der Waals surface area contributed by atoms with Crippen molar-refractivity contribution in [1.29, 1.82) is 0 Å². The maximum absolute atomic E-state index is 14.1. The van der Waals surface area contributed by atoms with E-state index in [1.165, 1.54) is 36.4 Å². The molecule has 4 rings (SSSR count). The lowest BCUT2D eigenvalue weighted by Crippen LogP contribution is -2.14. The molecule has 5 nitrogen and oxygen atoms in total. The van der Waals surface area contributed by atoms with Gasteiger partial charge in [0.25, 0.3) is 5.91 Å². The molecule has 1 amide bonds. The largest absolute Gasteiger partial charge is 0.322 e. The van der Waals surface area contributed by atoms with Crippen LogP contribution in [0.4, 0.5) is 10.1 Å². The first-order valence-corrected chi connectivity index (χ1v) is 12.1. The summed E-state index contributed by atoms with van der Waals surface area (Å²) >= 11 is 6.16. The number of amides is 1. The van der Waals surface area contributed by atoms with Gasteiger partial charge in [-0.1, -0.05) is 41.9 Å². The first kappa shape index (κ1) is 22.6. The number of hydrogen-bond acceptors (Lipinski definition) is 4. The summed E-state index contributed by atoms with van der Waals surface area (Å²) in [5, 5.41) is 2.62. The van der Waals surface area contributed by atoms with Gasteiger partial charge in [-0.15, -0.1) is 0 Å². The van der Waals surface area contributed by atoms with Gasteiger partial charge in [-0.25, -0.2) is 12.8 Å². The maximum Gasteiger partial charge on any atom is 0.256 e. The van der Waals surface area contributed by atoms with Crippen molar-refractivity contribution < 1.29 is 17.6 Å². The van der Waals surface area contributed by atoms with Crippen LogP contribution in [0.3, 0.4) is 0 Å². The van der Waals surface area contributed by atoms with Gasteiger partial charge in [-0.3, -0.25) is 9.78 Å². The van der Waals surface area contributed by atoms with E-state index < -0.39 is 21.6 Å². The smallest absolute Gasteiger partial charge is 0.256 e. The molecular weight excluding hydrogens is 463 g/mol. The zero-order chi connectivity index (χ0) is 23.6. The van der Waals surface area contributed by atoms with Crippen molar-refractivity contribution in [3.05, 3.63) is 101 Å². The third kappa shape index (κ3) is 4.94. The average Bonchev–Trinajstić information content (AvgIpc) is 2.80. The number of aromatic nitrogens is 1. The third-order valence-electron chi connectivity index (χ3n) is 4.99. The Balaban J connectivity index is 1.76. The molecule has 0 radical (unpaired) electrons. The molecule has 0 atom stereocenters. The van der Waals surface area contributed by atoms with E-state index in [9.17, 15) is 17.6 Å². The molecule has 1 heterocycles. The van der Waals surface area contributed by atoms with E-state index >= 15 is 0 Å². The fraction of sp³-hybridized carbons (Fsp3) is 0.0400. The predicted molar refractivity (Wildman–Crippen MR) is 128 cm³/mol. The van der Waals surface area contributed by atoms with Crippen LogP contribution in [0, 0.1) is 5.82 Å². The highest BCUT2D eigenvalue weighted by Crippen LogP contribution is 2.34. The molecule has 4 aromatic rings. The van der Waals surface area contributed by atoms with Crippen LogP contribution in [-0.2, 0) is 9.84 Å². The van der Waals surface area contributed by atoms with Crippen molar-refractivity contribution in [2.75, 3.05) is 11.6 Å². The van der Waals surface area contributed by atoms with Crippen molar-refractivity contribution in [3.63, 3.8) is 0 Å². The van der Waals surface area contributed by atoms with E-state index in [0.29, 0.717) is 5.69 Å². The number of pyridine rings is 1. The van der Waals surface area contributed by atoms with Crippen molar-refractivity contribution in [2.24, 2.45) is 0 Å². The number of sulfone groups is 1. The van der Waals surface area contributed by atoms with E-state index in [4.69, 9.17) is 11.6 Å². The second kappa shape index (κ2) is 9.13. The van der Waals surface area contributed by atoms with E-state index in [2.05, 4.69) is 10.3 Å². The van der Waals surface area contributed by atoms with Crippen molar-refractivity contribution >= 4 is 33.0 Å². The molecule has 3 aromatic carbocycles. The Morgan fingerprint density at radius 3 is 2.45 bits per heavy atom. The minimum absolute atomic E-state index is 0.00785. The molecule has 0 aliphatic rings. The zero-order valence-corrected chi connectivity index (χ0v) is 19.0. The van der Waals surface area contributed by atoms with Gasteiger partial charge in [0, 0.05) is 34.8 Å². The van der Waals surface area contributed by atoms with Crippen molar-refractivity contribution in [3.8, 4) is 22.4 Å². The Kier molecular flexibility index (Phi) is 6.26. The van der Waals surface area contributed by atoms with Crippen LogP contribution < -0.4 is 5.32 Å². The number of nitrogens with one attached hydrogen (secondary N) is 1. The minimum atomic E-state index is -3.57. The average molecular weight is 481 g/mol. The number of hydrogen-bond donors (Lipinski definition) is 1. The molecule has 0 aliphatic heterocycles. The van der Waals surface area contributed by atoms with Crippen LogP contribution in [0.5, 0.6) is 0 Å². The summed E-state index contributed by atoms with van der Waals surface area (Å²) in [4.78, 5) is 17.5. The predicted octanol–water partition coefficient (Wildman–Crippen LogP) is 5.86. The van der Waals surface area contributed by atoms with Gasteiger partial charge >= 0.3 is 0 Å². The molecule has 1 N–H and O–H groups in total. The lowest BCUT2D eigenvalue weighted by molar-refractivity contribution is 0.102. The van der Waals surface area contributed by atoms with Crippen molar-refractivity contribution in [1.82, 2.24) is 4.98 Å². The van der Waals surface area contributed by atoms with Crippen LogP contribution in [0.15, 0.2) is 90.0 Å². The fourth-order valence-electron chi connectivity index (χ4n) is 3.37. The monoisotopic (exact) mass is 480 g/mol. The lowest BCUT2D eigenvalue weighted by atomic mass is 9.98. The van der Waals surface area contributed by atoms with E-state index in [1.54, 1.807) is 24.4 Å². The molecule has 33 heavy (non-hydrogen) atoms. The molecule has 0 spiro atoms. The standard InChI is InChI=1S/C25H18ClFN2O3S/c1-33(31,32)18-11-12-20(21(15-18)19-8-5-9-22(27)24(19)26)25(30)29-17-7-4-6-16(14-17)23-10-2-3-13-28-23/h2-15H,1H3,(H,29,30). The highest BCUT2D eigenvalue weighted by atomic mass is 35.5. The van der Waals surface area contributed by atoms with Gasteiger partial charge in [0.1, 0.15) is 5.82 Å². The number of anilines is 1. The van der Waals surface area contributed by atoms with Gasteiger partial charge in [-0.05, 0) is 54.1 Å². The minimum Gasteiger partial charge on any atom is -0.322 e.